The molecule has 2 rings (SSSR count). The lowest BCUT2D eigenvalue weighted by atomic mass is 10.2. The lowest BCUT2D eigenvalue weighted by molar-refractivity contribution is 0.102. The van der Waals surface area contributed by atoms with Crippen LogP contribution < -0.4 is 16.6 Å². The Hall–Kier alpha value is -2.11. The van der Waals surface area contributed by atoms with Crippen molar-refractivity contribution in [1.82, 2.24) is 4.98 Å². The highest BCUT2D eigenvalue weighted by Crippen LogP contribution is 2.16. The number of nitrogens with zero attached hydrogens (tertiary/aromatic N) is 1. The first kappa shape index (κ1) is 12.3. The number of nitrogens with two attached hydrogens (primary N) is 1. The van der Waals surface area contributed by atoms with E-state index in [-0.39, 0.29) is 11.6 Å². The summed E-state index contributed by atoms with van der Waals surface area (Å²) in [5.41, 5.74) is 3.95. The number of hydrogen-bond donors (Lipinski definition) is 3. The number of nitrogen functional groups attached to an aromatic ring is 1. The molecule has 0 radical (unpaired) electrons. The summed E-state index contributed by atoms with van der Waals surface area (Å²) in [5.74, 6) is 4.94. The van der Waals surface area contributed by atoms with Crippen molar-refractivity contribution >= 4 is 28.9 Å². The van der Waals surface area contributed by atoms with E-state index in [4.69, 9.17) is 17.4 Å². The van der Waals surface area contributed by atoms with E-state index in [2.05, 4.69) is 15.7 Å². The van der Waals surface area contributed by atoms with Crippen LogP contribution in [-0.2, 0) is 0 Å². The number of anilines is 2. The molecule has 0 spiro atoms. The third-order valence-electron chi connectivity index (χ3n) is 2.24. The Kier molecular flexibility index (Phi) is 3.76. The molecule has 2 aromatic rings. The highest BCUT2D eigenvalue weighted by Gasteiger charge is 2.08. The molecule has 1 aromatic carbocycles. The van der Waals surface area contributed by atoms with Gasteiger partial charge in [-0.25, -0.2) is 0 Å². The monoisotopic (exact) mass is 262 g/mol. The Balaban J connectivity index is 2.16. The van der Waals surface area contributed by atoms with Gasteiger partial charge < -0.3 is 10.7 Å². The van der Waals surface area contributed by atoms with Crippen LogP contribution in [0, 0.1) is 0 Å². The summed E-state index contributed by atoms with van der Waals surface area (Å²) in [6, 6.07) is 10.1. The quantitative estimate of drug-likeness (QED) is 0.586. The fraction of sp³-hybridized carbons (Fsp3) is 0. The van der Waals surface area contributed by atoms with Gasteiger partial charge in [0.2, 0.25) is 0 Å². The average Bonchev–Trinajstić information content (AvgIpc) is 2.39. The Morgan fingerprint density at radius 2 is 2.06 bits per heavy atom. The Morgan fingerprint density at radius 1 is 1.22 bits per heavy atom. The van der Waals surface area contributed by atoms with Crippen molar-refractivity contribution in [1.29, 1.82) is 0 Å². The van der Waals surface area contributed by atoms with Crippen molar-refractivity contribution < 1.29 is 4.79 Å². The smallest absolute Gasteiger partial charge is 0.274 e. The first-order valence-electron chi connectivity index (χ1n) is 5.18. The largest absolute Gasteiger partial charge is 0.324 e. The highest BCUT2D eigenvalue weighted by atomic mass is 35.5. The Labute approximate surface area is 109 Å². The summed E-state index contributed by atoms with van der Waals surface area (Å²) in [5, 5.41) is 3.25. The highest BCUT2D eigenvalue weighted by molar-refractivity contribution is 6.30. The molecule has 0 bridgehead atoms. The minimum Gasteiger partial charge on any atom is -0.324 e. The molecule has 4 N–H and O–H groups in total. The standard InChI is InChI=1S/C12H11ClN4O/c13-8-2-1-3-9(6-8)16-12(18)11-7-10(17-14)4-5-15-11/h1-7H,14H2,(H,15,17)(H,16,18). The number of carbonyl (C=O) groups is 1. The number of halogens is 1. The van der Waals surface area contributed by atoms with Crippen LogP contribution in [0.25, 0.3) is 0 Å². The van der Waals surface area contributed by atoms with Crippen molar-refractivity contribution in [3.8, 4) is 0 Å². The van der Waals surface area contributed by atoms with Gasteiger partial charge in [-0.15, -0.1) is 0 Å². The number of carbonyl (C=O) groups excluding carboxylic acids is 1. The second kappa shape index (κ2) is 5.48. The fourth-order valence-electron chi connectivity index (χ4n) is 1.41. The van der Waals surface area contributed by atoms with Crippen LogP contribution >= 0.6 is 11.6 Å². The maximum atomic E-state index is 11.9. The minimum absolute atomic E-state index is 0.269. The van der Waals surface area contributed by atoms with Gasteiger partial charge in [-0.2, -0.15) is 0 Å². The van der Waals surface area contributed by atoms with Gasteiger partial charge in [0.05, 0.1) is 5.69 Å². The summed E-state index contributed by atoms with van der Waals surface area (Å²) < 4.78 is 0. The molecule has 0 saturated heterocycles. The van der Waals surface area contributed by atoms with Crippen molar-refractivity contribution in [2.24, 2.45) is 5.84 Å². The molecule has 1 heterocycles. The maximum absolute atomic E-state index is 11.9. The van der Waals surface area contributed by atoms with Crippen LogP contribution in [0.5, 0.6) is 0 Å². The third-order valence-corrected chi connectivity index (χ3v) is 2.48. The average molecular weight is 263 g/mol. The van der Waals surface area contributed by atoms with E-state index in [1.165, 1.54) is 6.20 Å². The maximum Gasteiger partial charge on any atom is 0.274 e. The van der Waals surface area contributed by atoms with Crippen molar-refractivity contribution in [3.05, 3.63) is 53.3 Å². The molecular formula is C12H11ClN4O. The van der Waals surface area contributed by atoms with E-state index in [9.17, 15) is 4.79 Å². The van der Waals surface area contributed by atoms with Crippen LogP contribution in [-0.4, -0.2) is 10.9 Å². The van der Waals surface area contributed by atoms with E-state index >= 15 is 0 Å². The van der Waals surface area contributed by atoms with Crippen molar-refractivity contribution in [2.75, 3.05) is 10.7 Å². The molecule has 92 valence electrons. The predicted molar refractivity (Wildman–Crippen MR) is 71.5 cm³/mol. The van der Waals surface area contributed by atoms with Gasteiger partial charge in [-0.05, 0) is 30.3 Å². The first-order valence-corrected chi connectivity index (χ1v) is 5.56. The zero-order chi connectivity index (χ0) is 13.0. The number of hydrazine groups is 1. The van der Waals surface area contributed by atoms with Crippen LogP contribution in [0.15, 0.2) is 42.6 Å². The van der Waals surface area contributed by atoms with Gasteiger partial charge in [-0.1, -0.05) is 17.7 Å². The molecule has 0 fully saturated rings. The number of pyridine rings is 1. The number of benzene rings is 1. The molecular weight excluding hydrogens is 252 g/mol. The molecule has 18 heavy (non-hydrogen) atoms. The van der Waals surface area contributed by atoms with E-state index in [0.717, 1.165) is 0 Å². The number of rotatable bonds is 3. The molecule has 0 saturated carbocycles. The fourth-order valence-corrected chi connectivity index (χ4v) is 1.60. The van der Waals surface area contributed by atoms with Crippen LogP contribution in [0.1, 0.15) is 10.5 Å². The van der Waals surface area contributed by atoms with E-state index < -0.39 is 0 Å². The molecule has 0 aliphatic heterocycles. The topological polar surface area (TPSA) is 80.0 Å². The number of hydrogen-bond acceptors (Lipinski definition) is 4. The summed E-state index contributed by atoms with van der Waals surface area (Å²) in [4.78, 5) is 15.9. The van der Waals surface area contributed by atoms with Gasteiger partial charge in [0.1, 0.15) is 5.69 Å². The third kappa shape index (κ3) is 2.97. The lowest BCUT2D eigenvalue weighted by Crippen LogP contribution is -2.15. The van der Waals surface area contributed by atoms with E-state index in [1.54, 1.807) is 36.4 Å². The summed E-state index contributed by atoms with van der Waals surface area (Å²) in [6.45, 7) is 0. The summed E-state index contributed by atoms with van der Waals surface area (Å²) in [7, 11) is 0. The van der Waals surface area contributed by atoms with Gasteiger partial charge in [0, 0.05) is 16.9 Å². The predicted octanol–water partition coefficient (Wildman–Crippen LogP) is 2.27. The van der Waals surface area contributed by atoms with E-state index in [0.29, 0.717) is 16.4 Å². The minimum atomic E-state index is -0.325. The van der Waals surface area contributed by atoms with Crippen LogP contribution in [0.2, 0.25) is 5.02 Å². The van der Waals surface area contributed by atoms with Crippen LogP contribution in [0.4, 0.5) is 11.4 Å². The molecule has 1 aromatic heterocycles. The second-order valence-corrected chi connectivity index (χ2v) is 3.98. The molecule has 0 unspecified atom stereocenters. The molecule has 1 amide bonds. The Morgan fingerprint density at radius 3 is 2.78 bits per heavy atom. The summed E-state index contributed by atoms with van der Waals surface area (Å²) >= 11 is 5.83. The molecule has 0 aliphatic rings. The molecule has 0 atom stereocenters. The SMILES string of the molecule is NNc1ccnc(C(=O)Nc2cccc(Cl)c2)c1. The Bertz CT molecular complexity index is 574. The molecule has 6 heteroatoms. The van der Waals surface area contributed by atoms with Gasteiger partial charge in [0.15, 0.2) is 0 Å². The molecule has 5 nitrogen and oxygen atoms in total. The normalized spacial score (nSPS) is 9.89. The molecule has 0 aliphatic carbocycles. The number of aromatic nitrogens is 1. The van der Waals surface area contributed by atoms with E-state index in [1.807, 2.05) is 0 Å². The van der Waals surface area contributed by atoms with Gasteiger partial charge >= 0.3 is 0 Å². The van der Waals surface area contributed by atoms with Crippen LogP contribution in [0.3, 0.4) is 0 Å². The number of amides is 1. The van der Waals surface area contributed by atoms with Gasteiger partial charge in [-0.3, -0.25) is 15.6 Å². The van der Waals surface area contributed by atoms with Gasteiger partial charge in [0.25, 0.3) is 5.91 Å². The lowest BCUT2D eigenvalue weighted by Gasteiger charge is -2.06. The zero-order valence-electron chi connectivity index (χ0n) is 9.35. The summed E-state index contributed by atoms with van der Waals surface area (Å²) in [6.07, 6.45) is 1.50. The first-order chi connectivity index (χ1) is 8.69. The number of nitrogens with one attached hydrogen (secondary N) is 2. The van der Waals surface area contributed by atoms with Crippen molar-refractivity contribution in [2.45, 2.75) is 0 Å². The van der Waals surface area contributed by atoms with Crippen molar-refractivity contribution in [3.63, 3.8) is 0 Å². The zero-order valence-corrected chi connectivity index (χ0v) is 10.1. The second-order valence-electron chi connectivity index (χ2n) is 3.54.